The Labute approximate surface area is 148 Å². The summed E-state index contributed by atoms with van der Waals surface area (Å²) in [5.74, 6) is 1.47. The molecule has 0 heterocycles. The third-order valence-corrected chi connectivity index (χ3v) is 5.19. The Bertz CT molecular complexity index is 945. The molecule has 0 spiro atoms. The van der Waals surface area contributed by atoms with E-state index in [2.05, 4.69) is 4.72 Å². The van der Waals surface area contributed by atoms with Gasteiger partial charge < -0.3 is 4.74 Å². The zero-order chi connectivity index (χ0) is 17.9. The van der Waals surface area contributed by atoms with Crippen molar-refractivity contribution in [2.45, 2.75) is 18.7 Å². The van der Waals surface area contributed by atoms with Gasteiger partial charge in [0.2, 0.25) is 0 Å². The molecule has 0 unspecified atom stereocenters. The number of hydrogen-bond acceptors (Lipinski definition) is 3. The molecule has 0 aromatic heterocycles. The van der Waals surface area contributed by atoms with E-state index in [0.717, 1.165) is 16.9 Å². The van der Waals surface area contributed by atoms with E-state index < -0.39 is 10.0 Å². The van der Waals surface area contributed by atoms with E-state index in [4.69, 9.17) is 4.74 Å². The first-order valence-corrected chi connectivity index (χ1v) is 9.36. The van der Waals surface area contributed by atoms with Crippen LogP contribution in [0, 0.1) is 13.8 Å². The molecule has 128 valence electrons. The van der Waals surface area contributed by atoms with Gasteiger partial charge in [0.15, 0.2) is 0 Å². The first-order chi connectivity index (χ1) is 12.0. The lowest BCUT2D eigenvalue weighted by atomic mass is 10.1. The van der Waals surface area contributed by atoms with Gasteiger partial charge in [0, 0.05) is 5.69 Å². The van der Waals surface area contributed by atoms with Crippen LogP contribution in [0.5, 0.6) is 11.5 Å². The van der Waals surface area contributed by atoms with Crippen LogP contribution >= 0.6 is 0 Å². The highest BCUT2D eigenvalue weighted by atomic mass is 32.2. The summed E-state index contributed by atoms with van der Waals surface area (Å²) in [6.45, 7) is 3.98. The van der Waals surface area contributed by atoms with Crippen molar-refractivity contribution in [2.75, 3.05) is 4.72 Å². The second kappa shape index (κ2) is 6.99. The maximum absolute atomic E-state index is 12.3. The quantitative estimate of drug-likeness (QED) is 0.710. The second-order valence-electron chi connectivity index (χ2n) is 5.77. The fourth-order valence-corrected chi connectivity index (χ4v) is 3.56. The topological polar surface area (TPSA) is 55.4 Å². The van der Waals surface area contributed by atoms with Crippen LogP contribution in [0.3, 0.4) is 0 Å². The fourth-order valence-electron chi connectivity index (χ4n) is 2.48. The summed E-state index contributed by atoms with van der Waals surface area (Å²) in [6.07, 6.45) is 0. The number of rotatable bonds is 5. The lowest BCUT2D eigenvalue weighted by Gasteiger charge is -2.12. The molecule has 0 bridgehead atoms. The number of sulfonamides is 1. The molecule has 0 fully saturated rings. The molecule has 0 saturated heterocycles. The number of anilines is 1. The van der Waals surface area contributed by atoms with E-state index in [1.807, 2.05) is 32.0 Å². The van der Waals surface area contributed by atoms with Gasteiger partial charge in [0.1, 0.15) is 11.5 Å². The molecule has 4 nitrogen and oxygen atoms in total. The van der Waals surface area contributed by atoms with Crippen LogP contribution < -0.4 is 9.46 Å². The van der Waals surface area contributed by atoms with Gasteiger partial charge in [-0.3, -0.25) is 4.72 Å². The van der Waals surface area contributed by atoms with Crippen LogP contribution in [0.25, 0.3) is 0 Å². The van der Waals surface area contributed by atoms with Crippen molar-refractivity contribution in [1.82, 2.24) is 0 Å². The molecule has 0 aliphatic carbocycles. The Hall–Kier alpha value is -2.79. The van der Waals surface area contributed by atoms with Gasteiger partial charge in [0.25, 0.3) is 10.0 Å². The summed E-state index contributed by atoms with van der Waals surface area (Å²) >= 11 is 0. The third-order valence-electron chi connectivity index (χ3n) is 3.79. The number of aryl methyl sites for hydroxylation is 2. The van der Waals surface area contributed by atoms with Crippen molar-refractivity contribution >= 4 is 15.7 Å². The van der Waals surface area contributed by atoms with E-state index in [-0.39, 0.29) is 4.90 Å². The maximum atomic E-state index is 12.3. The third kappa shape index (κ3) is 4.00. The summed E-state index contributed by atoms with van der Waals surface area (Å²) < 4.78 is 33.1. The molecule has 0 radical (unpaired) electrons. The second-order valence-corrected chi connectivity index (χ2v) is 7.45. The summed E-state index contributed by atoms with van der Waals surface area (Å²) in [7, 11) is -3.59. The van der Waals surface area contributed by atoms with E-state index in [1.165, 1.54) is 0 Å². The highest BCUT2D eigenvalue weighted by Crippen LogP contribution is 2.29. The molecule has 5 heteroatoms. The summed E-state index contributed by atoms with van der Waals surface area (Å²) in [4.78, 5) is 0.228. The Morgan fingerprint density at radius 3 is 1.96 bits per heavy atom. The van der Waals surface area contributed by atoms with Crippen LogP contribution in [0.4, 0.5) is 5.69 Å². The minimum absolute atomic E-state index is 0.228. The van der Waals surface area contributed by atoms with Crippen molar-refractivity contribution in [3.8, 4) is 11.5 Å². The molecule has 3 aromatic carbocycles. The molecule has 25 heavy (non-hydrogen) atoms. The molecule has 0 aliphatic heterocycles. The van der Waals surface area contributed by atoms with Gasteiger partial charge in [-0.25, -0.2) is 8.42 Å². The predicted octanol–water partition coefficient (Wildman–Crippen LogP) is 4.90. The maximum Gasteiger partial charge on any atom is 0.261 e. The van der Waals surface area contributed by atoms with E-state index in [0.29, 0.717) is 11.4 Å². The van der Waals surface area contributed by atoms with Crippen LogP contribution in [-0.2, 0) is 10.0 Å². The smallest absolute Gasteiger partial charge is 0.261 e. The lowest BCUT2D eigenvalue weighted by molar-refractivity contribution is 0.475. The van der Waals surface area contributed by atoms with Gasteiger partial charge in [-0.05, 0) is 61.4 Å². The van der Waals surface area contributed by atoms with E-state index in [9.17, 15) is 8.42 Å². The number of nitrogens with one attached hydrogen (secondary N) is 1. The van der Waals surface area contributed by atoms with Crippen molar-refractivity contribution < 1.29 is 13.2 Å². The average Bonchev–Trinajstić information content (AvgIpc) is 2.60. The number of hydrogen-bond donors (Lipinski definition) is 1. The Morgan fingerprint density at radius 2 is 1.36 bits per heavy atom. The van der Waals surface area contributed by atoms with E-state index in [1.54, 1.807) is 54.6 Å². The van der Waals surface area contributed by atoms with Crippen molar-refractivity contribution in [3.63, 3.8) is 0 Å². The average molecular weight is 353 g/mol. The van der Waals surface area contributed by atoms with Crippen molar-refractivity contribution in [1.29, 1.82) is 0 Å². The standard InChI is InChI=1S/C20H19NO3S/c1-15-7-6-8-16(2)20(15)24-18-13-11-17(12-14-18)21-25(22,23)19-9-4-3-5-10-19/h3-14,21H,1-2H3. The Balaban J connectivity index is 1.77. The molecule has 0 saturated carbocycles. The summed E-state index contributed by atoms with van der Waals surface area (Å²) in [5, 5.41) is 0. The van der Waals surface area contributed by atoms with Crippen molar-refractivity contribution in [3.05, 3.63) is 83.9 Å². The molecular weight excluding hydrogens is 334 g/mol. The van der Waals surface area contributed by atoms with Crippen LogP contribution in [-0.4, -0.2) is 8.42 Å². The largest absolute Gasteiger partial charge is 0.457 e. The fraction of sp³-hybridized carbons (Fsp3) is 0.100. The molecule has 1 N–H and O–H groups in total. The highest BCUT2D eigenvalue weighted by Gasteiger charge is 2.13. The summed E-state index contributed by atoms with van der Waals surface area (Å²) in [6, 6.07) is 21.1. The predicted molar refractivity (Wildman–Crippen MR) is 99.7 cm³/mol. The number of ether oxygens (including phenoxy) is 1. The molecule has 0 atom stereocenters. The zero-order valence-corrected chi connectivity index (χ0v) is 14.9. The Kier molecular flexibility index (Phi) is 4.76. The van der Waals surface area contributed by atoms with Crippen LogP contribution in [0.2, 0.25) is 0 Å². The normalized spacial score (nSPS) is 11.1. The molecule has 0 amide bonds. The lowest BCUT2D eigenvalue weighted by Crippen LogP contribution is -2.12. The molecular formula is C20H19NO3S. The number of para-hydroxylation sites is 1. The van der Waals surface area contributed by atoms with Crippen LogP contribution in [0.15, 0.2) is 77.7 Å². The van der Waals surface area contributed by atoms with Gasteiger partial charge in [-0.2, -0.15) is 0 Å². The van der Waals surface area contributed by atoms with Gasteiger partial charge >= 0.3 is 0 Å². The van der Waals surface area contributed by atoms with Gasteiger partial charge in [-0.15, -0.1) is 0 Å². The SMILES string of the molecule is Cc1cccc(C)c1Oc1ccc(NS(=O)(=O)c2ccccc2)cc1. The van der Waals surface area contributed by atoms with Gasteiger partial charge in [0.05, 0.1) is 4.90 Å². The summed E-state index contributed by atoms with van der Waals surface area (Å²) in [5.41, 5.74) is 2.58. The minimum atomic E-state index is -3.59. The first kappa shape index (κ1) is 17.0. The van der Waals surface area contributed by atoms with Crippen molar-refractivity contribution in [2.24, 2.45) is 0 Å². The van der Waals surface area contributed by atoms with Crippen LogP contribution in [0.1, 0.15) is 11.1 Å². The monoisotopic (exact) mass is 353 g/mol. The number of benzene rings is 3. The van der Waals surface area contributed by atoms with Gasteiger partial charge in [-0.1, -0.05) is 36.4 Å². The highest BCUT2D eigenvalue weighted by molar-refractivity contribution is 7.92. The molecule has 3 rings (SSSR count). The minimum Gasteiger partial charge on any atom is -0.457 e. The zero-order valence-electron chi connectivity index (χ0n) is 14.1. The Morgan fingerprint density at radius 1 is 0.760 bits per heavy atom. The molecule has 0 aliphatic rings. The first-order valence-electron chi connectivity index (χ1n) is 7.88. The molecule has 3 aromatic rings. The van der Waals surface area contributed by atoms with E-state index >= 15 is 0 Å².